The van der Waals surface area contributed by atoms with Gasteiger partial charge in [-0.05, 0) is 24.6 Å². The number of rotatable bonds is 3. The lowest BCUT2D eigenvalue weighted by molar-refractivity contribution is -0.114. The van der Waals surface area contributed by atoms with E-state index < -0.39 is 0 Å². The van der Waals surface area contributed by atoms with Gasteiger partial charge in [0.1, 0.15) is 11.6 Å². The Hall–Kier alpha value is -2.63. The standard InChI is InChI=1S/C15H17N3O3.C2H6/c1-9-14(21-4)12(8-18(3)15(9)20)11-5-6-16-13(7-11)17-10(2)19;1-2/h5-8H,1-4H3,(H,16,17,19);1-2H3. The summed E-state index contributed by atoms with van der Waals surface area (Å²) in [6.45, 7) is 7.14. The van der Waals surface area contributed by atoms with Crippen molar-refractivity contribution < 1.29 is 9.53 Å². The van der Waals surface area contributed by atoms with Crippen LogP contribution in [0.3, 0.4) is 0 Å². The topological polar surface area (TPSA) is 73.2 Å². The normalized spacial score (nSPS) is 9.65. The molecule has 0 atom stereocenters. The Labute approximate surface area is 136 Å². The smallest absolute Gasteiger partial charge is 0.256 e. The molecule has 2 rings (SSSR count). The maximum Gasteiger partial charge on any atom is 0.256 e. The van der Waals surface area contributed by atoms with Crippen LogP contribution in [0.2, 0.25) is 0 Å². The van der Waals surface area contributed by atoms with E-state index in [0.29, 0.717) is 17.1 Å². The molecular formula is C17H23N3O3. The highest BCUT2D eigenvalue weighted by molar-refractivity contribution is 5.88. The van der Waals surface area contributed by atoms with Gasteiger partial charge >= 0.3 is 0 Å². The van der Waals surface area contributed by atoms with Gasteiger partial charge in [-0.1, -0.05) is 13.8 Å². The fraction of sp³-hybridized carbons (Fsp3) is 0.353. The van der Waals surface area contributed by atoms with Gasteiger partial charge in [0.05, 0.1) is 12.7 Å². The van der Waals surface area contributed by atoms with Gasteiger partial charge in [-0.15, -0.1) is 0 Å². The molecule has 0 aliphatic rings. The summed E-state index contributed by atoms with van der Waals surface area (Å²) in [6, 6.07) is 3.54. The molecule has 0 aliphatic carbocycles. The average molecular weight is 317 g/mol. The molecule has 0 saturated carbocycles. The third-order valence-electron chi connectivity index (χ3n) is 3.13. The van der Waals surface area contributed by atoms with Gasteiger partial charge in [-0.3, -0.25) is 9.59 Å². The van der Waals surface area contributed by atoms with Crippen LogP contribution in [0, 0.1) is 6.92 Å². The van der Waals surface area contributed by atoms with Crippen LogP contribution in [0.4, 0.5) is 5.82 Å². The summed E-state index contributed by atoms with van der Waals surface area (Å²) in [4.78, 5) is 27.2. The van der Waals surface area contributed by atoms with Gasteiger partial charge in [0.15, 0.2) is 0 Å². The molecule has 124 valence electrons. The van der Waals surface area contributed by atoms with Gasteiger partial charge < -0.3 is 14.6 Å². The van der Waals surface area contributed by atoms with Gasteiger partial charge in [0.25, 0.3) is 5.56 Å². The Morgan fingerprint density at radius 1 is 1.35 bits per heavy atom. The summed E-state index contributed by atoms with van der Waals surface area (Å²) >= 11 is 0. The molecule has 0 bridgehead atoms. The van der Waals surface area contributed by atoms with Crippen LogP contribution in [0.1, 0.15) is 26.3 Å². The van der Waals surface area contributed by atoms with Crippen LogP contribution in [-0.4, -0.2) is 22.6 Å². The van der Waals surface area contributed by atoms with Crippen LogP contribution in [-0.2, 0) is 11.8 Å². The van der Waals surface area contributed by atoms with Crippen LogP contribution >= 0.6 is 0 Å². The first kappa shape index (κ1) is 18.4. The highest BCUT2D eigenvalue weighted by atomic mass is 16.5. The lowest BCUT2D eigenvalue weighted by Crippen LogP contribution is -2.20. The first-order chi connectivity index (χ1) is 10.9. The predicted octanol–water partition coefficient (Wildman–Crippen LogP) is 2.75. The molecule has 2 aromatic rings. The zero-order valence-electron chi connectivity index (χ0n) is 14.4. The predicted molar refractivity (Wildman–Crippen MR) is 91.9 cm³/mol. The van der Waals surface area contributed by atoms with Crippen molar-refractivity contribution in [2.24, 2.45) is 7.05 Å². The molecule has 1 amide bonds. The van der Waals surface area contributed by atoms with Crippen molar-refractivity contribution >= 4 is 11.7 Å². The number of methoxy groups -OCH3 is 1. The number of nitrogens with one attached hydrogen (secondary N) is 1. The van der Waals surface area contributed by atoms with Crippen molar-refractivity contribution in [2.45, 2.75) is 27.7 Å². The molecule has 0 radical (unpaired) electrons. The number of amides is 1. The summed E-state index contributed by atoms with van der Waals surface area (Å²) in [6.07, 6.45) is 3.31. The van der Waals surface area contributed by atoms with Crippen molar-refractivity contribution in [3.05, 3.63) is 40.4 Å². The molecule has 1 N–H and O–H groups in total. The van der Waals surface area contributed by atoms with E-state index in [9.17, 15) is 9.59 Å². The minimum absolute atomic E-state index is 0.105. The highest BCUT2D eigenvalue weighted by Gasteiger charge is 2.14. The molecule has 6 heteroatoms. The molecule has 0 fully saturated rings. The SMILES string of the molecule is CC.COc1c(-c2ccnc(NC(C)=O)c2)cn(C)c(=O)c1C. The number of aryl methyl sites for hydroxylation is 1. The monoisotopic (exact) mass is 317 g/mol. The van der Waals surface area contributed by atoms with E-state index in [1.165, 1.54) is 18.6 Å². The summed E-state index contributed by atoms with van der Waals surface area (Å²) < 4.78 is 6.87. The van der Waals surface area contributed by atoms with E-state index in [-0.39, 0.29) is 11.5 Å². The number of ether oxygens (including phenoxy) is 1. The van der Waals surface area contributed by atoms with Crippen molar-refractivity contribution in [2.75, 3.05) is 12.4 Å². The lowest BCUT2D eigenvalue weighted by Gasteiger charge is -2.13. The first-order valence-corrected chi connectivity index (χ1v) is 7.42. The lowest BCUT2D eigenvalue weighted by atomic mass is 10.1. The van der Waals surface area contributed by atoms with Gasteiger partial charge in [-0.2, -0.15) is 0 Å². The maximum absolute atomic E-state index is 12.0. The van der Waals surface area contributed by atoms with Crippen molar-refractivity contribution in [1.29, 1.82) is 0 Å². The van der Waals surface area contributed by atoms with E-state index in [1.807, 2.05) is 13.8 Å². The van der Waals surface area contributed by atoms with E-state index in [2.05, 4.69) is 10.3 Å². The number of carbonyl (C=O) groups is 1. The summed E-state index contributed by atoms with van der Waals surface area (Å²) in [5, 5.41) is 2.63. The number of aromatic nitrogens is 2. The second kappa shape index (κ2) is 8.12. The summed E-state index contributed by atoms with van der Waals surface area (Å²) in [5.41, 5.74) is 2.01. The van der Waals surface area contributed by atoms with Crippen LogP contribution < -0.4 is 15.6 Å². The Kier molecular flexibility index (Phi) is 6.50. The number of anilines is 1. The number of hydrogen-bond donors (Lipinski definition) is 1. The number of pyridine rings is 2. The van der Waals surface area contributed by atoms with Gasteiger partial charge in [0.2, 0.25) is 5.91 Å². The van der Waals surface area contributed by atoms with Crippen molar-refractivity contribution in [3.63, 3.8) is 0 Å². The zero-order valence-corrected chi connectivity index (χ0v) is 14.4. The molecule has 2 aromatic heterocycles. The van der Waals surface area contributed by atoms with E-state index in [4.69, 9.17) is 4.74 Å². The van der Waals surface area contributed by atoms with Crippen LogP contribution in [0.5, 0.6) is 5.75 Å². The third kappa shape index (κ3) is 4.18. The minimum atomic E-state index is -0.191. The van der Waals surface area contributed by atoms with E-state index >= 15 is 0 Å². The summed E-state index contributed by atoms with van der Waals surface area (Å²) in [5.74, 6) is 0.787. The van der Waals surface area contributed by atoms with Gasteiger partial charge in [0, 0.05) is 31.9 Å². The van der Waals surface area contributed by atoms with Crippen molar-refractivity contribution in [1.82, 2.24) is 9.55 Å². The van der Waals surface area contributed by atoms with Crippen LogP contribution in [0.15, 0.2) is 29.3 Å². The van der Waals surface area contributed by atoms with E-state index in [1.54, 1.807) is 38.5 Å². The molecule has 0 aromatic carbocycles. The Balaban J connectivity index is 0.00000127. The molecule has 0 spiro atoms. The fourth-order valence-electron chi connectivity index (χ4n) is 2.19. The number of carbonyl (C=O) groups excluding carboxylic acids is 1. The molecule has 0 unspecified atom stereocenters. The van der Waals surface area contributed by atoms with Gasteiger partial charge in [-0.25, -0.2) is 4.98 Å². The Morgan fingerprint density at radius 2 is 2.00 bits per heavy atom. The van der Waals surface area contributed by atoms with Crippen molar-refractivity contribution in [3.8, 4) is 16.9 Å². The molecule has 0 saturated heterocycles. The summed E-state index contributed by atoms with van der Waals surface area (Å²) in [7, 11) is 3.22. The largest absolute Gasteiger partial charge is 0.496 e. The minimum Gasteiger partial charge on any atom is -0.496 e. The average Bonchev–Trinajstić information content (AvgIpc) is 2.54. The molecule has 6 nitrogen and oxygen atoms in total. The number of nitrogens with zero attached hydrogens (tertiary/aromatic N) is 2. The molecule has 0 aliphatic heterocycles. The first-order valence-electron chi connectivity index (χ1n) is 7.42. The van der Waals surface area contributed by atoms with E-state index in [0.717, 1.165) is 11.1 Å². The quantitative estimate of drug-likeness (QED) is 0.944. The second-order valence-corrected chi connectivity index (χ2v) is 4.73. The molecule has 23 heavy (non-hydrogen) atoms. The fourth-order valence-corrected chi connectivity index (χ4v) is 2.19. The second-order valence-electron chi connectivity index (χ2n) is 4.73. The van der Waals surface area contributed by atoms with Crippen LogP contribution in [0.25, 0.3) is 11.1 Å². The highest BCUT2D eigenvalue weighted by Crippen LogP contribution is 2.31. The number of hydrogen-bond acceptors (Lipinski definition) is 4. The molecular weight excluding hydrogens is 294 g/mol. The molecule has 2 heterocycles. The Morgan fingerprint density at radius 3 is 2.57 bits per heavy atom. The zero-order chi connectivity index (χ0) is 17.6. The maximum atomic E-state index is 12.0. The third-order valence-corrected chi connectivity index (χ3v) is 3.13. The Bertz CT molecular complexity index is 751.